The van der Waals surface area contributed by atoms with Crippen LogP contribution in [0.3, 0.4) is 0 Å². The predicted molar refractivity (Wildman–Crippen MR) is 71.4 cm³/mol. The summed E-state index contributed by atoms with van der Waals surface area (Å²) in [6.45, 7) is 4.86. The molecule has 2 aromatic rings. The second-order valence-electron chi connectivity index (χ2n) is 4.12. The molecule has 2 rings (SSSR count). The SMILES string of the molecule is CCNC(C)c1cccc(F)c1Sc1nnnn1C. The minimum absolute atomic E-state index is 0.0735. The van der Waals surface area contributed by atoms with Gasteiger partial charge in [0.05, 0.1) is 4.90 Å². The molecule has 1 N–H and O–H groups in total. The Morgan fingerprint density at radius 3 is 2.89 bits per heavy atom. The van der Waals surface area contributed by atoms with Crippen molar-refractivity contribution >= 4 is 11.8 Å². The molecule has 0 radical (unpaired) electrons. The zero-order chi connectivity index (χ0) is 13.8. The van der Waals surface area contributed by atoms with Gasteiger partial charge in [-0.2, -0.15) is 0 Å². The molecule has 0 saturated heterocycles. The molecule has 1 aromatic heterocycles. The Bertz CT molecular complexity index is 557. The Morgan fingerprint density at radius 1 is 1.47 bits per heavy atom. The van der Waals surface area contributed by atoms with Gasteiger partial charge >= 0.3 is 0 Å². The van der Waals surface area contributed by atoms with E-state index in [1.165, 1.54) is 22.5 Å². The maximum Gasteiger partial charge on any atom is 0.213 e. The number of nitrogens with one attached hydrogen (secondary N) is 1. The van der Waals surface area contributed by atoms with Gasteiger partial charge in [-0.05, 0) is 47.3 Å². The number of tetrazole rings is 1. The van der Waals surface area contributed by atoms with Crippen LogP contribution in [0.1, 0.15) is 25.5 Å². The van der Waals surface area contributed by atoms with Gasteiger partial charge in [0.15, 0.2) is 0 Å². The average molecular weight is 281 g/mol. The van der Waals surface area contributed by atoms with Gasteiger partial charge in [0.25, 0.3) is 0 Å². The van der Waals surface area contributed by atoms with E-state index in [0.29, 0.717) is 10.1 Å². The summed E-state index contributed by atoms with van der Waals surface area (Å²) in [5.74, 6) is -0.254. The van der Waals surface area contributed by atoms with Crippen molar-refractivity contribution in [3.8, 4) is 0 Å². The van der Waals surface area contributed by atoms with Crippen LogP contribution in [0.5, 0.6) is 0 Å². The lowest BCUT2D eigenvalue weighted by atomic mass is 10.1. The fourth-order valence-electron chi connectivity index (χ4n) is 1.79. The molecule has 0 aliphatic carbocycles. The third-order valence-electron chi connectivity index (χ3n) is 2.75. The smallest absolute Gasteiger partial charge is 0.213 e. The van der Waals surface area contributed by atoms with Gasteiger partial charge in [0, 0.05) is 13.1 Å². The molecule has 1 unspecified atom stereocenters. The molecule has 1 atom stereocenters. The van der Waals surface area contributed by atoms with Crippen molar-refractivity contribution < 1.29 is 4.39 Å². The van der Waals surface area contributed by atoms with Gasteiger partial charge in [-0.25, -0.2) is 9.07 Å². The normalized spacial score (nSPS) is 12.6. The summed E-state index contributed by atoms with van der Waals surface area (Å²) in [6.07, 6.45) is 0. The summed E-state index contributed by atoms with van der Waals surface area (Å²) in [5, 5.41) is 15.0. The molecule has 0 aliphatic heterocycles. The number of rotatable bonds is 5. The summed E-state index contributed by atoms with van der Waals surface area (Å²) in [4.78, 5) is 0.564. The first kappa shape index (κ1) is 14.0. The fraction of sp³-hybridized carbons (Fsp3) is 0.417. The Kier molecular flexibility index (Phi) is 4.49. The Hall–Kier alpha value is -1.47. The van der Waals surface area contributed by atoms with Crippen molar-refractivity contribution in [2.45, 2.75) is 29.9 Å². The van der Waals surface area contributed by atoms with Crippen molar-refractivity contribution in [2.24, 2.45) is 7.05 Å². The molecular formula is C12H16FN5S. The van der Waals surface area contributed by atoms with Crippen molar-refractivity contribution in [1.29, 1.82) is 0 Å². The van der Waals surface area contributed by atoms with Crippen molar-refractivity contribution in [1.82, 2.24) is 25.5 Å². The molecule has 0 bridgehead atoms. The van der Waals surface area contributed by atoms with E-state index < -0.39 is 0 Å². The molecule has 1 heterocycles. The molecule has 1 aromatic carbocycles. The third kappa shape index (κ3) is 3.10. The summed E-state index contributed by atoms with van der Waals surface area (Å²) >= 11 is 1.24. The van der Waals surface area contributed by atoms with Crippen LogP contribution in [0.4, 0.5) is 4.39 Å². The Labute approximate surface area is 115 Å². The molecule has 7 heteroatoms. The van der Waals surface area contributed by atoms with Crippen LogP contribution in [0.2, 0.25) is 0 Å². The molecule has 0 fully saturated rings. The molecule has 0 amide bonds. The lowest BCUT2D eigenvalue weighted by Gasteiger charge is -2.16. The average Bonchev–Trinajstić information content (AvgIpc) is 2.78. The largest absolute Gasteiger partial charge is 0.310 e. The number of aryl methyl sites for hydroxylation is 1. The van der Waals surface area contributed by atoms with Crippen molar-refractivity contribution in [3.05, 3.63) is 29.6 Å². The molecule has 102 valence electrons. The van der Waals surface area contributed by atoms with Gasteiger partial charge in [0.1, 0.15) is 5.82 Å². The second-order valence-corrected chi connectivity index (χ2v) is 5.10. The van der Waals surface area contributed by atoms with E-state index >= 15 is 0 Å². The van der Waals surface area contributed by atoms with Crippen LogP contribution in [-0.4, -0.2) is 26.8 Å². The van der Waals surface area contributed by atoms with Crippen LogP contribution in [0, 0.1) is 5.82 Å². The maximum absolute atomic E-state index is 14.0. The molecule has 0 aliphatic rings. The van der Waals surface area contributed by atoms with Crippen LogP contribution in [0.15, 0.2) is 28.3 Å². The van der Waals surface area contributed by atoms with Crippen molar-refractivity contribution in [2.75, 3.05) is 6.54 Å². The van der Waals surface area contributed by atoms with Crippen molar-refractivity contribution in [3.63, 3.8) is 0 Å². The van der Waals surface area contributed by atoms with E-state index in [2.05, 4.69) is 20.8 Å². The standard InChI is InChI=1S/C12H16FN5S/c1-4-14-8(2)9-6-5-7-10(13)11(9)19-12-15-16-17-18(12)3/h5-8,14H,4H2,1-3H3. The number of halogens is 1. The Balaban J connectivity index is 2.35. The quantitative estimate of drug-likeness (QED) is 0.910. The van der Waals surface area contributed by atoms with Gasteiger partial charge in [-0.3, -0.25) is 0 Å². The third-order valence-corrected chi connectivity index (χ3v) is 3.91. The molecule has 0 spiro atoms. The monoisotopic (exact) mass is 281 g/mol. The first-order chi connectivity index (χ1) is 9.13. The maximum atomic E-state index is 14.0. The second kappa shape index (κ2) is 6.12. The predicted octanol–water partition coefficient (Wildman–Crippen LogP) is 2.17. The Morgan fingerprint density at radius 2 is 2.26 bits per heavy atom. The van der Waals surface area contributed by atoms with E-state index in [1.54, 1.807) is 13.1 Å². The van der Waals surface area contributed by atoms with E-state index in [9.17, 15) is 4.39 Å². The van der Waals surface area contributed by atoms with Crippen LogP contribution in [-0.2, 0) is 7.05 Å². The van der Waals surface area contributed by atoms with E-state index in [4.69, 9.17) is 0 Å². The summed E-state index contributed by atoms with van der Waals surface area (Å²) in [5.41, 5.74) is 0.912. The summed E-state index contributed by atoms with van der Waals surface area (Å²) < 4.78 is 15.6. The lowest BCUT2D eigenvalue weighted by molar-refractivity contribution is 0.557. The molecule has 0 saturated carbocycles. The highest BCUT2D eigenvalue weighted by Crippen LogP contribution is 2.33. The van der Waals surface area contributed by atoms with Gasteiger partial charge in [-0.15, -0.1) is 5.10 Å². The minimum Gasteiger partial charge on any atom is -0.310 e. The molecule has 19 heavy (non-hydrogen) atoms. The number of aromatic nitrogens is 4. The van der Waals surface area contributed by atoms with Gasteiger partial charge in [-0.1, -0.05) is 19.1 Å². The van der Waals surface area contributed by atoms with E-state index in [0.717, 1.165) is 12.1 Å². The van der Waals surface area contributed by atoms with Gasteiger partial charge in [0.2, 0.25) is 5.16 Å². The first-order valence-corrected chi connectivity index (χ1v) is 6.87. The number of nitrogens with zero attached hydrogens (tertiary/aromatic N) is 4. The number of hydrogen-bond acceptors (Lipinski definition) is 5. The van der Waals surface area contributed by atoms with Crippen LogP contribution in [0.25, 0.3) is 0 Å². The fourth-order valence-corrected chi connectivity index (χ4v) is 2.75. The van der Waals surface area contributed by atoms with E-state index in [1.807, 2.05) is 19.9 Å². The first-order valence-electron chi connectivity index (χ1n) is 6.05. The zero-order valence-electron chi connectivity index (χ0n) is 11.1. The van der Waals surface area contributed by atoms with E-state index in [-0.39, 0.29) is 11.9 Å². The number of benzene rings is 1. The topological polar surface area (TPSA) is 55.6 Å². The summed E-state index contributed by atoms with van der Waals surface area (Å²) in [7, 11) is 1.73. The van der Waals surface area contributed by atoms with Gasteiger partial charge < -0.3 is 5.32 Å². The highest BCUT2D eigenvalue weighted by molar-refractivity contribution is 7.99. The molecular weight excluding hydrogens is 265 g/mol. The highest BCUT2D eigenvalue weighted by Gasteiger charge is 2.17. The highest BCUT2D eigenvalue weighted by atomic mass is 32.2. The van der Waals surface area contributed by atoms with Crippen LogP contribution >= 0.6 is 11.8 Å². The summed E-state index contributed by atoms with van der Waals surface area (Å²) in [6, 6.07) is 5.17. The van der Waals surface area contributed by atoms with Crippen LogP contribution < -0.4 is 5.32 Å². The lowest BCUT2D eigenvalue weighted by Crippen LogP contribution is -2.18. The minimum atomic E-state index is -0.254. The number of hydrogen-bond donors (Lipinski definition) is 1. The molecule has 5 nitrogen and oxygen atoms in total. The zero-order valence-corrected chi connectivity index (χ0v) is 11.9.